The van der Waals surface area contributed by atoms with E-state index in [-0.39, 0.29) is 31.6 Å². The molecule has 1 aromatic rings. The first-order chi connectivity index (χ1) is 16.8. The van der Waals surface area contributed by atoms with Gasteiger partial charge in [-0.2, -0.15) is 0 Å². The number of nitrogens with zero attached hydrogens (tertiary/aromatic N) is 1. The molecule has 4 unspecified atom stereocenters. The number of carbonyl (C=O) groups is 2. The summed E-state index contributed by atoms with van der Waals surface area (Å²) in [6.07, 6.45) is 2.23. The average molecular weight is 489 g/mol. The number of aliphatic hydroxyl groups is 3. The summed E-state index contributed by atoms with van der Waals surface area (Å²) in [5, 5.41) is 33.2. The Balaban J connectivity index is 1.78. The number of fused-ring (bicyclic) bond motifs is 3. The minimum Gasteiger partial charge on any atom is -0.493 e. The van der Waals surface area contributed by atoms with Crippen molar-refractivity contribution in [2.45, 2.75) is 63.9 Å². The Morgan fingerprint density at radius 2 is 2.00 bits per heavy atom. The fourth-order valence-corrected chi connectivity index (χ4v) is 5.05. The highest BCUT2D eigenvalue weighted by atomic mass is 16.5. The second-order valence-electron chi connectivity index (χ2n) is 10.1. The zero-order chi connectivity index (χ0) is 25.3. The van der Waals surface area contributed by atoms with Crippen molar-refractivity contribution >= 4 is 11.8 Å². The lowest BCUT2D eigenvalue weighted by atomic mass is 9.77. The molecule has 2 aliphatic carbocycles. The van der Waals surface area contributed by atoms with Crippen molar-refractivity contribution in [1.29, 1.82) is 0 Å². The highest BCUT2D eigenvalue weighted by Gasteiger charge is 2.51. The summed E-state index contributed by atoms with van der Waals surface area (Å²) in [7, 11) is 1.49. The van der Waals surface area contributed by atoms with Gasteiger partial charge in [0.1, 0.15) is 12.2 Å². The summed E-state index contributed by atoms with van der Waals surface area (Å²) in [6.45, 7) is 4.12. The fraction of sp³-hybridized carbons (Fsp3) is 0.615. The second kappa shape index (κ2) is 10.6. The third kappa shape index (κ3) is 5.17. The summed E-state index contributed by atoms with van der Waals surface area (Å²) in [6, 6.07) is 2.70. The van der Waals surface area contributed by atoms with Gasteiger partial charge in [0.05, 0.1) is 32.3 Å². The number of ether oxygens (including phenoxy) is 2. The summed E-state index contributed by atoms with van der Waals surface area (Å²) >= 11 is 0. The smallest absolute Gasteiger partial charge is 0.247 e. The van der Waals surface area contributed by atoms with E-state index in [0.717, 1.165) is 12.8 Å². The lowest BCUT2D eigenvalue weighted by Crippen LogP contribution is -2.56. The predicted octanol–water partition coefficient (Wildman–Crippen LogP) is 1.09. The van der Waals surface area contributed by atoms with Gasteiger partial charge in [0.2, 0.25) is 11.8 Å². The van der Waals surface area contributed by atoms with Crippen LogP contribution in [-0.2, 0) is 16.2 Å². The minimum atomic E-state index is -1.07. The Morgan fingerprint density at radius 1 is 1.26 bits per heavy atom. The number of aliphatic hydroxyl groups excluding tert-OH is 3. The van der Waals surface area contributed by atoms with Crippen molar-refractivity contribution < 1.29 is 34.4 Å². The molecule has 1 aliphatic heterocycles. The first-order valence-corrected chi connectivity index (χ1v) is 12.4. The van der Waals surface area contributed by atoms with Gasteiger partial charge < -0.3 is 35.0 Å². The van der Waals surface area contributed by atoms with Crippen LogP contribution in [-0.4, -0.2) is 77.1 Å². The molecule has 0 radical (unpaired) electrons. The van der Waals surface area contributed by atoms with Crippen LogP contribution in [0.25, 0.3) is 0 Å². The zero-order valence-electron chi connectivity index (χ0n) is 20.6. The first kappa shape index (κ1) is 25.5. The normalized spacial score (nSPS) is 24.8. The van der Waals surface area contributed by atoms with E-state index in [1.54, 1.807) is 23.1 Å². The molecule has 0 bridgehead atoms. The standard InChI is InChI=1S/C26H36N2O7/c1-14(2)8-21(31)28(12-15-4-5-15)19-11-18(26(33)27-6-7-29)22-17-9-16(13-30)10-20(34-3)24(17)35-25(22)23(19)32/h9-11,14-15,19,22-23,25,29-30,32H,4-8,12-13H2,1-3H3,(H,27,33). The van der Waals surface area contributed by atoms with E-state index in [0.29, 0.717) is 47.1 Å². The fourth-order valence-electron chi connectivity index (χ4n) is 5.05. The van der Waals surface area contributed by atoms with Crippen LogP contribution in [0.5, 0.6) is 11.5 Å². The molecule has 9 heteroatoms. The van der Waals surface area contributed by atoms with Crippen LogP contribution in [0.4, 0.5) is 0 Å². The van der Waals surface area contributed by atoms with Crippen LogP contribution in [0, 0.1) is 11.8 Å². The number of nitrogens with one attached hydrogen (secondary N) is 1. The third-order valence-electron chi connectivity index (χ3n) is 6.91. The second-order valence-corrected chi connectivity index (χ2v) is 10.1. The van der Waals surface area contributed by atoms with E-state index in [4.69, 9.17) is 9.47 Å². The van der Waals surface area contributed by atoms with E-state index in [1.165, 1.54) is 7.11 Å². The van der Waals surface area contributed by atoms with Gasteiger partial charge in [0.15, 0.2) is 11.5 Å². The SMILES string of the molecule is COc1cc(CO)cc2c1OC1C2C(C(=O)NCCO)=CC(N(CC2CC2)C(=O)CC(C)C)C1O. The van der Waals surface area contributed by atoms with Gasteiger partial charge in [-0.1, -0.05) is 13.8 Å². The molecule has 35 heavy (non-hydrogen) atoms. The predicted molar refractivity (Wildman–Crippen MR) is 128 cm³/mol. The van der Waals surface area contributed by atoms with E-state index in [9.17, 15) is 24.9 Å². The van der Waals surface area contributed by atoms with Crippen molar-refractivity contribution in [3.8, 4) is 11.5 Å². The van der Waals surface area contributed by atoms with Crippen LogP contribution >= 0.6 is 0 Å². The molecule has 0 spiro atoms. The molecule has 192 valence electrons. The van der Waals surface area contributed by atoms with Gasteiger partial charge in [-0.25, -0.2) is 0 Å². The Hall–Kier alpha value is -2.62. The zero-order valence-corrected chi connectivity index (χ0v) is 20.6. The van der Waals surface area contributed by atoms with Gasteiger partial charge in [-0.05, 0) is 48.4 Å². The molecular formula is C26H36N2O7. The van der Waals surface area contributed by atoms with E-state index < -0.39 is 30.1 Å². The van der Waals surface area contributed by atoms with Crippen molar-refractivity contribution in [2.24, 2.45) is 11.8 Å². The van der Waals surface area contributed by atoms with Crippen molar-refractivity contribution in [1.82, 2.24) is 10.2 Å². The topological polar surface area (TPSA) is 129 Å². The van der Waals surface area contributed by atoms with Crippen molar-refractivity contribution in [3.63, 3.8) is 0 Å². The third-order valence-corrected chi connectivity index (χ3v) is 6.91. The van der Waals surface area contributed by atoms with E-state index >= 15 is 0 Å². The van der Waals surface area contributed by atoms with Crippen LogP contribution in [0.15, 0.2) is 23.8 Å². The number of carbonyl (C=O) groups excluding carboxylic acids is 2. The summed E-state index contributed by atoms with van der Waals surface area (Å²) in [5.74, 6) is 0.313. The molecule has 4 rings (SSSR count). The monoisotopic (exact) mass is 488 g/mol. The largest absolute Gasteiger partial charge is 0.493 e. The molecular weight excluding hydrogens is 452 g/mol. The lowest BCUT2D eigenvalue weighted by molar-refractivity contribution is -0.138. The Bertz CT molecular complexity index is 988. The molecule has 1 aromatic carbocycles. The van der Waals surface area contributed by atoms with E-state index in [1.807, 2.05) is 13.8 Å². The molecule has 3 aliphatic rings. The number of amides is 2. The number of methoxy groups -OCH3 is 1. The maximum Gasteiger partial charge on any atom is 0.247 e. The van der Waals surface area contributed by atoms with Crippen molar-refractivity contribution in [2.75, 3.05) is 26.8 Å². The minimum absolute atomic E-state index is 0.0589. The van der Waals surface area contributed by atoms with Gasteiger partial charge >= 0.3 is 0 Å². The quantitative estimate of drug-likeness (QED) is 0.388. The summed E-state index contributed by atoms with van der Waals surface area (Å²) < 4.78 is 11.7. The van der Waals surface area contributed by atoms with Gasteiger partial charge in [-0.15, -0.1) is 0 Å². The molecule has 4 N–H and O–H groups in total. The Kier molecular flexibility index (Phi) is 7.68. The van der Waals surface area contributed by atoms with Crippen LogP contribution in [0.1, 0.15) is 50.2 Å². The highest BCUT2D eigenvalue weighted by Crippen LogP contribution is 2.51. The van der Waals surface area contributed by atoms with Gasteiger partial charge in [0, 0.05) is 30.6 Å². The molecule has 1 fully saturated rings. The molecule has 2 amide bonds. The maximum absolute atomic E-state index is 13.3. The molecule has 9 nitrogen and oxygen atoms in total. The van der Waals surface area contributed by atoms with E-state index in [2.05, 4.69) is 5.32 Å². The molecule has 1 saturated carbocycles. The molecule has 0 aromatic heterocycles. The highest BCUT2D eigenvalue weighted by molar-refractivity contribution is 5.96. The molecule has 1 heterocycles. The number of hydrogen-bond donors (Lipinski definition) is 4. The van der Waals surface area contributed by atoms with Crippen molar-refractivity contribution in [3.05, 3.63) is 34.9 Å². The summed E-state index contributed by atoms with van der Waals surface area (Å²) in [4.78, 5) is 28.2. The number of rotatable bonds is 10. The molecule has 4 atom stereocenters. The van der Waals surface area contributed by atoms with Crippen LogP contribution in [0.3, 0.4) is 0 Å². The Morgan fingerprint density at radius 3 is 2.60 bits per heavy atom. The Labute approximate surface area is 205 Å². The van der Waals surface area contributed by atoms with Crippen LogP contribution < -0.4 is 14.8 Å². The van der Waals surface area contributed by atoms with Gasteiger partial charge in [-0.3, -0.25) is 9.59 Å². The summed E-state index contributed by atoms with van der Waals surface area (Å²) in [5.41, 5.74) is 1.61. The molecule has 0 saturated heterocycles. The lowest BCUT2D eigenvalue weighted by Gasteiger charge is -2.41. The number of benzene rings is 1. The van der Waals surface area contributed by atoms with Gasteiger partial charge in [0.25, 0.3) is 0 Å². The first-order valence-electron chi connectivity index (χ1n) is 12.4. The van der Waals surface area contributed by atoms with Crippen LogP contribution in [0.2, 0.25) is 0 Å². The average Bonchev–Trinajstić information content (AvgIpc) is 3.58. The maximum atomic E-state index is 13.3. The number of hydrogen-bond acceptors (Lipinski definition) is 7.